The van der Waals surface area contributed by atoms with Crippen LogP contribution in [0.4, 0.5) is 0 Å². The molecule has 0 bridgehead atoms. The molecular weight excluding hydrogens is 725 g/mol. The number of carbonyl (C=O) groups excluding carboxylic acids is 1. The first-order chi connectivity index (χ1) is 27.9. The highest BCUT2D eigenvalue weighted by Crippen LogP contribution is 2.49. The molecule has 6 nitrogen and oxygen atoms in total. The summed E-state index contributed by atoms with van der Waals surface area (Å²) >= 11 is 1.63. The predicted molar refractivity (Wildman–Crippen MR) is 229 cm³/mol. The van der Waals surface area contributed by atoms with Crippen LogP contribution < -0.4 is 10.6 Å². The van der Waals surface area contributed by atoms with Gasteiger partial charge >= 0.3 is 5.97 Å². The van der Waals surface area contributed by atoms with Gasteiger partial charge in [0.2, 0.25) is 5.91 Å². The molecule has 7 heteroatoms. The third-order valence-electron chi connectivity index (χ3n) is 10.3. The number of nitrogens with one attached hydrogen (secondary N) is 2. The zero-order valence-corrected chi connectivity index (χ0v) is 32.1. The minimum absolute atomic E-state index is 0.0321. The lowest BCUT2D eigenvalue weighted by atomic mass is 9.76. The van der Waals surface area contributed by atoms with E-state index in [1.165, 1.54) is 12.1 Å². The maximum Gasteiger partial charge on any atom is 0.326 e. The number of carboxylic acids is 1. The summed E-state index contributed by atoms with van der Waals surface area (Å²) in [5.74, 6) is -1.29. The van der Waals surface area contributed by atoms with Crippen LogP contribution in [-0.2, 0) is 26.3 Å². The lowest BCUT2D eigenvalue weighted by Gasteiger charge is -2.41. The normalized spacial score (nSPS) is 12.6. The van der Waals surface area contributed by atoms with E-state index in [-0.39, 0.29) is 17.9 Å². The summed E-state index contributed by atoms with van der Waals surface area (Å²) in [6.07, 6.45) is 0.0321. The highest BCUT2D eigenvalue weighted by atomic mass is 32.2. The summed E-state index contributed by atoms with van der Waals surface area (Å²) in [6, 6.07) is 65.3. The summed E-state index contributed by atoms with van der Waals surface area (Å²) in [5.41, 5.74) is 5.53. The van der Waals surface area contributed by atoms with Crippen LogP contribution in [0.15, 0.2) is 206 Å². The number of phenols is 1. The fourth-order valence-electron chi connectivity index (χ4n) is 7.58. The number of benzene rings is 7. The Labute approximate surface area is 338 Å². The van der Waals surface area contributed by atoms with Crippen LogP contribution >= 0.6 is 11.8 Å². The lowest BCUT2D eigenvalue weighted by molar-refractivity contribution is -0.142. The van der Waals surface area contributed by atoms with E-state index in [2.05, 4.69) is 83.4 Å². The van der Waals surface area contributed by atoms with E-state index in [9.17, 15) is 15.0 Å². The molecule has 0 fully saturated rings. The zero-order valence-electron chi connectivity index (χ0n) is 31.3. The number of aliphatic carboxylic acids is 1. The van der Waals surface area contributed by atoms with Crippen LogP contribution in [0.3, 0.4) is 0 Å². The minimum atomic E-state index is -1.24. The number of aromatic hydroxyl groups is 1. The van der Waals surface area contributed by atoms with Crippen molar-refractivity contribution in [2.75, 3.05) is 5.75 Å². The molecule has 0 aliphatic carbocycles. The Morgan fingerprint density at radius 2 is 0.842 bits per heavy atom. The second-order valence-electron chi connectivity index (χ2n) is 13.9. The number of carboxylic acid groups (broad SMARTS) is 1. The van der Waals surface area contributed by atoms with Crippen LogP contribution in [0.5, 0.6) is 5.75 Å². The summed E-state index contributed by atoms with van der Waals surface area (Å²) < 4.78 is -0.753. The molecule has 0 radical (unpaired) electrons. The number of phenolic OH excluding ortho intramolecular Hbond substituents is 1. The second-order valence-corrected chi connectivity index (χ2v) is 15.1. The first-order valence-electron chi connectivity index (χ1n) is 19.0. The number of hydrogen-bond donors (Lipinski definition) is 4. The van der Waals surface area contributed by atoms with Gasteiger partial charge in [0, 0.05) is 12.2 Å². The molecular formula is C50H44N2O4S. The smallest absolute Gasteiger partial charge is 0.326 e. The highest BCUT2D eigenvalue weighted by molar-refractivity contribution is 8.00. The number of rotatable bonds is 16. The maximum atomic E-state index is 15.1. The minimum Gasteiger partial charge on any atom is -0.508 e. The van der Waals surface area contributed by atoms with E-state index in [1.807, 2.05) is 109 Å². The van der Waals surface area contributed by atoms with Gasteiger partial charge in [-0.1, -0.05) is 194 Å². The Bertz CT molecular complexity index is 2140. The summed E-state index contributed by atoms with van der Waals surface area (Å²) in [7, 11) is 0. The van der Waals surface area contributed by atoms with Crippen molar-refractivity contribution in [2.24, 2.45) is 0 Å². The van der Waals surface area contributed by atoms with E-state index >= 15 is 4.79 Å². The monoisotopic (exact) mass is 768 g/mol. The Balaban J connectivity index is 1.39. The van der Waals surface area contributed by atoms with Gasteiger partial charge in [-0.15, -0.1) is 11.8 Å². The summed E-state index contributed by atoms with van der Waals surface area (Å²) in [4.78, 5) is 28.0. The molecule has 0 heterocycles. The van der Waals surface area contributed by atoms with Crippen LogP contribution in [0, 0.1) is 0 Å². The fourth-order valence-corrected chi connectivity index (χ4v) is 9.14. The molecule has 0 aliphatic rings. The SMILES string of the molecule is O=C(O)C(Cc1ccc(O)cc1)NC(=O)C(CSC(c1ccccc1)(c1ccccc1)c1ccccc1)NC(c1ccccc1)(c1ccccc1)c1ccccc1. The van der Waals surface area contributed by atoms with Gasteiger partial charge in [-0.3, -0.25) is 10.1 Å². The topological polar surface area (TPSA) is 98.7 Å². The fraction of sp³-hybridized carbons (Fsp3) is 0.120. The van der Waals surface area contributed by atoms with E-state index in [4.69, 9.17) is 0 Å². The van der Waals surface area contributed by atoms with E-state index in [0.29, 0.717) is 5.56 Å². The van der Waals surface area contributed by atoms with Gasteiger partial charge in [0.15, 0.2) is 0 Å². The molecule has 0 saturated heterocycles. The van der Waals surface area contributed by atoms with Crippen LogP contribution in [0.2, 0.25) is 0 Å². The molecule has 4 N–H and O–H groups in total. The predicted octanol–water partition coefficient (Wildman–Crippen LogP) is 9.18. The Kier molecular flexibility index (Phi) is 12.3. The first kappa shape index (κ1) is 38.8. The molecule has 7 aromatic rings. The van der Waals surface area contributed by atoms with Gasteiger partial charge in [-0.05, 0) is 51.1 Å². The van der Waals surface area contributed by atoms with Gasteiger partial charge in [0.25, 0.3) is 0 Å². The molecule has 57 heavy (non-hydrogen) atoms. The van der Waals surface area contributed by atoms with Gasteiger partial charge in [0.05, 0.1) is 16.3 Å². The zero-order chi connectivity index (χ0) is 39.5. The van der Waals surface area contributed by atoms with Gasteiger partial charge < -0.3 is 15.5 Å². The molecule has 0 saturated carbocycles. The number of amides is 1. The molecule has 7 rings (SSSR count). The number of thioether (sulfide) groups is 1. The second kappa shape index (κ2) is 18.0. The number of carbonyl (C=O) groups is 2. The van der Waals surface area contributed by atoms with Crippen molar-refractivity contribution in [2.45, 2.75) is 28.8 Å². The molecule has 1 amide bonds. The average molecular weight is 769 g/mol. The molecule has 0 aliphatic heterocycles. The maximum absolute atomic E-state index is 15.1. The van der Waals surface area contributed by atoms with E-state index in [1.54, 1.807) is 23.9 Å². The highest BCUT2D eigenvalue weighted by Gasteiger charge is 2.43. The van der Waals surface area contributed by atoms with Crippen molar-refractivity contribution in [3.63, 3.8) is 0 Å². The molecule has 0 spiro atoms. The Hall–Kier alpha value is -6.41. The van der Waals surface area contributed by atoms with Crippen molar-refractivity contribution in [1.29, 1.82) is 0 Å². The van der Waals surface area contributed by atoms with Crippen LogP contribution in [0.1, 0.15) is 38.9 Å². The number of hydrogen-bond acceptors (Lipinski definition) is 5. The van der Waals surface area contributed by atoms with Gasteiger partial charge in [-0.2, -0.15) is 0 Å². The van der Waals surface area contributed by atoms with E-state index in [0.717, 1.165) is 33.4 Å². The Morgan fingerprint density at radius 3 is 1.19 bits per heavy atom. The van der Waals surface area contributed by atoms with Crippen LogP contribution in [0.25, 0.3) is 0 Å². The molecule has 7 aromatic carbocycles. The quantitative estimate of drug-likeness (QED) is 0.0733. The summed E-state index contributed by atoms with van der Waals surface area (Å²) in [5, 5.41) is 27.2. The van der Waals surface area contributed by atoms with Gasteiger partial charge in [-0.25, -0.2) is 4.79 Å². The van der Waals surface area contributed by atoms with Crippen molar-refractivity contribution in [3.8, 4) is 5.75 Å². The van der Waals surface area contributed by atoms with Crippen LogP contribution in [-0.4, -0.2) is 39.9 Å². The summed E-state index contributed by atoms with van der Waals surface area (Å²) in [6.45, 7) is 0. The average Bonchev–Trinajstić information content (AvgIpc) is 3.27. The lowest BCUT2D eigenvalue weighted by Crippen LogP contribution is -2.58. The molecule has 2 atom stereocenters. The Morgan fingerprint density at radius 1 is 0.491 bits per heavy atom. The van der Waals surface area contributed by atoms with E-state index < -0.39 is 34.2 Å². The van der Waals surface area contributed by atoms with Crippen molar-refractivity contribution in [3.05, 3.63) is 245 Å². The largest absolute Gasteiger partial charge is 0.508 e. The van der Waals surface area contributed by atoms with Gasteiger partial charge in [0.1, 0.15) is 11.8 Å². The van der Waals surface area contributed by atoms with Crippen molar-refractivity contribution in [1.82, 2.24) is 10.6 Å². The third kappa shape index (κ3) is 8.55. The van der Waals surface area contributed by atoms with Crippen molar-refractivity contribution >= 4 is 23.6 Å². The first-order valence-corrected chi connectivity index (χ1v) is 19.9. The van der Waals surface area contributed by atoms with Crippen molar-refractivity contribution < 1.29 is 19.8 Å². The molecule has 284 valence electrons. The standard InChI is InChI=1S/C50H44N2O4S/c53-44-33-31-37(32-34-44)35-45(48(55)56)51-47(54)46(52-49(38-19-7-1-8-20-38,39-21-9-2-10-22-39)40-23-11-3-12-24-40)36-57-50(41-25-13-4-14-26-41,42-27-15-5-16-28-42)43-29-17-6-18-30-43/h1-34,45-46,52-53H,35-36H2,(H,51,54)(H,55,56). The molecule has 2 unspecified atom stereocenters. The molecule has 0 aromatic heterocycles. The third-order valence-corrected chi connectivity index (χ3v) is 12.0.